The van der Waals surface area contributed by atoms with Crippen molar-refractivity contribution in [3.8, 4) is 11.5 Å². The van der Waals surface area contributed by atoms with Crippen LogP contribution < -0.4 is 20.1 Å². The van der Waals surface area contributed by atoms with Crippen LogP contribution in [0.3, 0.4) is 0 Å². The van der Waals surface area contributed by atoms with Gasteiger partial charge in [0.15, 0.2) is 5.11 Å². The smallest absolute Gasteiger partial charge is 0.176 e. The topological polar surface area (TPSA) is 55.4 Å². The first kappa shape index (κ1) is 15.1. The number of hydrogen-bond acceptors (Lipinski definition) is 4. The number of thiocarbonyl (C=S) groups is 1. The number of pyridine rings is 1. The molecular weight excluding hydrogens is 286 g/mol. The van der Waals surface area contributed by atoms with Gasteiger partial charge in [0, 0.05) is 12.3 Å². The number of aromatic nitrogens is 1. The summed E-state index contributed by atoms with van der Waals surface area (Å²) in [6.07, 6.45) is 1.73. The Bertz CT molecular complexity index is 647. The Labute approximate surface area is 129 Å². The number of anilines is 2. The molecule has 0 atom stereocenters. The molecule has 0 amide bonds. The second kappa shape index (κ2) is 6.90. The van der Waals surface area contributed by atoms with Gasteiger partial charge in [-0.05, 0) is 49.0 Å². The van der Waals surface area contributed by atoms with Gasteiger partial charge in [0.2, 0.25) is 0 Å². The Balaban J connectivity index is 2.12. The van der Waals surface area contributed by atoms with Crippen LogP contribution in [0.15, 0.2) is 36.5 Å². The lowest BCUT2D eigenvalue weighted by Gasteiger charge is -2.14. The van der Waals surface area contributed by atoms with Gasteiger partial charge in [-0.1, -0.05) is 0 Å². The van der Waals surface area contributed by atoms with E-state index in [0.29, 0.717) is 16.7 Å². The van der Waals surface area contributed by atoms with Gasteiger partial charge in [-0.3, -0.25) is 0 Å². The average Bonchev–Trinajstić information content (AvgIpc) is 2.47. The number of nitrogens with zero attached hydrogens (tertiary/aromatic N) is 1. The molecule has 0 bridgehead atoms. The highest BCUT2D eigenvalue weighted by molar-refractivity contribution is 7.80. The van der Waals surface area contributed by atoms with Crippen LogP contribution in [-0.2, 0) is 0 Å². The normalized spacial score (nSPS) is 9.86. The molecule has 1 aromatic carbocycles. The van der Waals surface area contributed by atoms with Crippen molar-refractivity contribution >= 4 is 28.8 Å². The summed E-state index contributed by atoms with van der Waals surface area (Å²) < 4.78 is 10.5. The molecule has 5 nitrogen and oxygen atoms in total. The number of methoxy groups -OCH3 is 2. The second-order valence-corrected chi connectivity index (χ2v) is 4.77. The van der Waals surface area contributed by atoms with E-state index < -0.39 is 0 Å². The predicted octanol–water partition coefficient (Wildman–Crippen LogP) is 3.22. The second-order valence-electron chi connectivity index (χ2n) is 4.36. The summed E-state index contributed by atoms with van der Waals surface area (Å²) in [7, 11) is 3.21. The van der Waals surface area contributed by atoms with Crippen LogP contribution in [-0.4, -0.2) is 24.3 Å². The van der Waals surface area contributed by atoms with Crippen LogP contribution in [0.5, 0.6) is 11.5 Å². The largest absolute Gasteiger partial charge is 0.497 e. The van der Waals surface area contributed by atoms with Crippen molar-refractivity contribution in [2.24, 2.45) is 0 Å². The highest BCUT2D eigenvalue weighted by atomic mass is 32.1. The van der Waals surface area contributed by atoms with Crippen LogP contribution >= 0.6 is 12.2 Å². The maximum absolute atomic E-state index is 5.29. The molecule has 2 aromatic rings. The number of hydrogen-bond donors (Lipinski definition) is 2. The summed E-state index contributed by atoms with van der Waals surface area (Å²) >= 11 is 5.29. The van der Waals surface area contributed by atoms with Crippen LogP contribution in [0.4, 0.5) is 11.5 Å². The zero-order valence-electron chi connectivity index (χ0n) is 12.1. The van der Waals surface area contributed by atoms with Crippen molar-refractivity contribution in [2.75, 3.05) is 24.9 Å². The van der Waals surface area contributed by atoms with Gasteiger partial charge >= 0.3 is 0 Å². The minimum absolute atomic E-state index is 0.430. The molecule has 0 unspecified atom stereocenters. The Hall–Kier alpha value is -2.34. The molecule has 1 aromatic heterocycles. The summed E-state index contributed by atoms with van der Waals surface area (Å²) in [6.45, 7) is 1.99. The zero-order valence-corrected chi connectivity index (χ0v) is 13.0. The maximum atomic E-state index is 5.29. The molecule has 21 heavy (non-hydrogen) atoms. The van der Waals surface area contributed by atoms with E-state index in [4.69, 9.17) is 21.7 Å². The summed E-state index contributed by atoms with van der Waals surface area (Å²) in [5, 5.41) is 6.54. The van der Waals surface area contributed by atoms with Crippen molar-refractivity contribution in [3.63, 3.8) is 0 Å². The Kier molecular flexibility index (Phi) is 4.94. The number of benzene rings is 1. The third kappa shape index (κ3) is 4.06. The first-order chi connectivity index (χ1) is 10.1. The number of nitrogens with one attached hydrogen (secondary N) is 2. The van der Waals surface area contributed by atoms with E-state index in [9.17, 15) is 0 Å². The fourth-order valence-electron chi connectivity index (χ4n) is 1.79. The Morgan fingerprint density at radius 3 is 2.57 bits per heavy atom. The summed E-state index contributed by atoms with van der Waals surface area (Å²) in [5.41, 5.74) is 1.83. The average molecular weight is 303 g/mol. The first-order valence-corrected chi connectivity index (χ1v) is 6.76. The molecule has 0 aliphatic rings. The monoisotopic (exact) mass is 303 g/mol. The molecular formula is C15H17N3O2S. The van der Waals surface area contributed by atoms with Crippen molar-refractivity contribution in [1.29, 1.82) is 0 Å². The third-order valence-electron chi connectivity index (χ3n) is 2.81. The van der Waals surface area contributed by atoms with E-state index in [1.165, 1.54) is 0 Å². The van der Waals surface area contributed by atoms with Gasteiger partial charge in [0.1, 0.15) is 17.3 Å². The molecule has 0 radical (unpaired) electrons. The molecule has 0 saturated heterocycles. The van der Waals surface area contributed by atoms with Crippen LogP contribution in [0.25, 0.3) is 0 Å². The van der Waals surface area contributed by atoms with Crippen molar-refractivity contribution in [1.82, 2.24) is 4.98 Å². The summed E-state index contributed by atoms with van der Waals surface area (Å²) in [4.78, 5) is 4.20. The molecule has 0 saturated carbocycles. The molecule has 2 N–H and O–H groups in total. The van der Waals surface area contributed by atoms with E-state index in [2.05, 4.69) is 15.6 Å². The molecule has 110 valence electrons. The van der Waals surface area contributed by atoms with Crippen molar-refractivity contribution in [2.45, 2.75) is 6.92 Å². The molecule has 0 spiro atoms. The standard InChI is InChI=1S/C15H17N3O2S/c1-10-6-7-16-14(8-10)18-15(21)17-12-9-11(19-2)4-5-13(12)20-3/h4-9H,1-3H3,(H2,16,17,18,21). The molecule has 2 rings (SSSR count). The van der Waals surface area contributed by atoms with E-state index in [-0.39, 0.29) is 0 Å². The van der Waals surface area contributed by atoms with E-state index in [1.54, 1.807) is 20.4 Å². The van der Waals surface area contributed by atoms with Crippen molar-refractivity contribution < 1.29 is 9.47 Å². The van der Waals surface area contributed by atoms with Gasteiger partial charge in [0.25, 0.3) is 0 Å². The van der Waals surface area contributed by atoms with E-state index >= 15 is 0 Å². The number of ether oxygens (including phenoxy) is 2. The van der Waals surface area contributed by atoms with Gasteiger partial charge in [-0.2, -0.15) is 0 Å². The predicted molar refractivity (Wildman–Crippen MR) is 88.4 cm³/mol. The Morgan fingerprint density at radius 2 is 1.90 bits per heavy atom. The fraction of sp³-hybridized carbons (Fsp3) is 0.200. The summed E-state index contributed by atoms with van der Waals surface area (Å²) in [6, 6.07) is 9.29. The lowest BCUT2D eigenvalue weighted by molar-refractivity contribution is 0.405. The van der Waals surface area contributed by atoms with E-state index in [0.717, 1.165) is 17.0 Å². The van der Waals surface area contributed by atoms with Crippen LogP contribution in [0, 0.1) is 6.92 Å². The number of aryl methyl sites for hydroxylation is 1. The highest BCUT2D eigenvalue weighted by Crippen LogP contribution is 2.28. The zero-order chi connectivity index (χ0) is 15.2. The SMILES string of the molecule is COc1ccc(OC)c(NC(=S)Nc2cc(C)ccn2)c1. The maximum Gasteiger partial charge on any atom is 0.176 e. The minimum atomic E-state index is 0.430. The van der Waals surface area contributed by atoms with E-state index in [1.807, 2.05) is 37.3 Å². The molecule has 0 aliphatic heterocycles. The lowest BCUT2D eigenvalue weighted by Crippen LogP contribution is -2.20. The fourth-order valence-corrected chi connectivity index (χ4v) is 2.00. The molecule has 0 aliphatic carbocycles. The van der Waals surface area contributed by atoms with Gasteiger partial charge in [0.05, 0.1) is 19.9 Å². The summed E-state index contributed by atoms with van der Waals surface area (Å²) in [5.74, 6) is 2.08. The molecule has 6 heteroatoms. The van der Waals surface area contributed by atoms with Crippen molar-refractivity contribution in [3.05, 3.63) is 42.1 Å². The van der Waals surface area contributed by atoms with Gasteiger partial charge in [-0.15, -0.1) is 0 Å². The third-order valence-corrected chi connectivity index (χ3v) is 3.02. The molecule has 0 fully saturated rings. The minimum Gasteiger partial charge on any atom is -0.497 e. The van der Waals surface area contributed by atoms with Gasteiger partial charge < -0.3 is 20.1 Å². The Morgan fingerprint density at radius 1 is 1.10 bits per heavy atom. The van der Waals surface area contributed by atoms with Crippen LogP contribution in [0.2, 0.25) is 0 Å². The van der Waals surface area contributed by atoms with Crippen LogP contribution in [0.1, 0.15) is 5.56 Å². The highest BCUT2D eigenvalue weighted by Gasteiger charge is 2.07. The first-order valence-electron chi connectivity index (χ1n) is 6.35. The molecule has 1 heterocycles. The quantitative estimate of drug-likeness (QED) is 0.846. The van der Waals surface area contributed by atoms with Gasteiger partial charge in [-0.25, -0.2) is 4.98 Å². The lowest BCUT2D eigenvalue weighted by atomic mass is 10.2. The number of rotatable bonds is 4.